The van der Waals surface area contributed by atoms with Gasteiger partial charge in [-0.3, -0.25) is 9.59 Å². The summed E-state index contributed by atoms with van der Waals surface area (Å²) < 4.78 is 17.2. The summed E-state index contributed by atoms with van der Waals surface area (Å²) in [5.41, 5.74) is 0. The van der Waals surface area contributed by atoms with Crippen LogP contribution >= 0.6 is 0 Å². The first-order valence-corrected chi connectivity index (χ1v) is 19.6. The number of aliphatic carboxylic acids is 1. The van der Waals surface area contributed by atoms with Crippen LogP contribution in [0.4, 0.5) is 0 Å². The number of unbranched alkanes of at least 4 members (excludes halogenated alkanes) is 21. The third-order valence-electron chi connectivity index (χ3n) is 9.01. The van der Waals surface area contributed by atoms with E-state index >= 15 is 0 Å². The largest absolute Gasteiger partial charge is 0.477 e. The molecule has 2 atom stereocenters. The molecule has 0 aromatic carbocycles. The van der Waals surface area contributed by atoms with Crippen LogP contribution in [0.1, 0.15) is 181 Å². The molecular formula is C39H76NO7+. The zero-order valence-corrected chi connectivity index (χ0v) is 31.5. The summed E-state index contributed by atoms with van der Waals surface area (Å²) in [7, 11) is 5.52. The molecule has 0 amide bonds. The number of nitrogens with zero attached hydrogens (tertiary/aromatic N) is 1. The minimum Gasteiger partial charge on any atom is -0.477 e. The molecular weight excluding hydrogens is 594 g/mol. The van der Waals surface area contributed by atoms with Crippen molar-refractivity contribution in [2.75, 3.05) is 41.0 Å². The standard InChI is InChI=1S/C39H75NO7/c1-6-8-10-12-14-16-17-18-19-20-21-22-24-25-27-29-37(41)46-34-35(33-45-32-31-36(39(43)44)40(3,4)5)47-38(42)30-28-26-23-15-13-11-9-7-2/h35-36H,6-34H2,1-5H3/p+1. The summed E-state index contributed by atoms with van der Waals surface area (Å²) in [6.07, 6.45) is 28.6. The number of carboxylic acid groups (broad SMARTS) is 1. The summed E-state index contributed by atoms with van der Waals surface area (Å²) in [4.78, 5) is 36.7. The van der Waals surface area contributed by atoms with Gasteiger partial charge in [-0.2, -0.15) is 0 Å². The number of carbonyl (C=O) groups is 3. The zero-order valence-electron chi connectivity index (χ0n) is 31.5. The van der Waals surface area contributed by atoms with Gasteiger partial charge in [-0.25, -0.2) is 4.79 Å². The lowest BCUT2D eigenvalue weighted by atomic mass is 10.0. The smallest absolute Gasteiger partial charge is 0.362 e. The number of ether oxygens (including phenoxy) is 3. The van der Waals surface area contributed by atoms with Crippen LogP contribution in [0.5, 0.6) is 0 Å². The molecule has 0 aliphatic heterocycles. The molecule has 0 bridgehead atoms. The van der Waals surface area contributed by atoms with Gasteiger partial charge in [0.15, 0.2) is 12.1 Å². The van der Waals surface area contributed by atoms with Gasteiger partial charge in [0, 0.05) is 19.3 Å². The molecule has 0 aromatic heterocycles. The highest BCUT2D eigenvalue weighted by molar-refractivity contribution is 5.72. The lowest BCUT2D eigenvalue weighted by Crippen LogP contribution is -2.50. The van der Waals surface area contributed by atoms with Crippen LogP contribution in [-0.2, 0) is 28.6 Å². The maximum Gasteiger partial charge on any atom is 0.362 e. The molecule has 0 aromatic rings. The number of hydrogen-bond acceptors (Lipinski definition) is 6. The number of rotatable bonds is 35. The van der Waals surface area contributed by atoms with Gasteiger partial charge in [0.2, 0.25) is 0 Å². The lowest BCUT2D eigenvalue weighted by molar-refractivity contribution is -0.887. The molecule has 0 spiro atoms. The van der Waals surface area contributed by atoms with E-state index in [9.17, 15) is 19.5 Å². The summed E-state index contributed by atoms with van der Waals surface area (Å²) in [5.74, 6) is -1.46. The van der Waals surface area contributed by atoms with E-state index in [1.807, 2.05) is 21.1 Å². The van der Waals surface area contributed by atoms with Crippen LogP contribution in [0.25, 0.3) is 0 Å². The van der Waals surface area contributed by atoms with Crippen molar-refractivity contribution in [3.05, 3.63) is 0 Å². The molecule has 0 rings (SSSR count). The average Bonchev–Trinajstić information content (AvgIpc) is 3.01. The Hall–Kier alpha value is -1.67. The van der Waals surface area contributed by atoms with E-state index < -0.39 is 18.1 Å². The summed E-state index contributed by atoms with van der Waals surface area (Å²) >= 11 is 0. The molecule has 278 valence electrons. The summed E-state index contributed by atoms with van der Waals surface area (Å²) in [5, 5.41) is 9.56. The summed E-state index contributed by atoms with van der Waals surface area (Å²) in [6, 6.07) is -0.606. The van der Waals surface area contributed by atoms with Crippen LogP contribution in [0.3, 0.4) is 0 Å². The van der Waals surface area contributed by atoms with Gasteiger partial charge < -0.3 is 23.8 Å². The number of carbonyl (C=O) groups excluding carboxylic acids is 2. The van der Waals surface area contributed by atoms with E-state index in [1.165, 1.54) is 109 Å². The SMILES string of the molecule is CCCCCCCCCCCCCCCCCC(=O)OCC(COCCC(C(=O)O)[N+](C)(C)C)OC(=O)CCCCCCCCCC. The minimum absolute atomic E-state index is 0.0432. The van der Waals surface area contributed by atoms with E-state index in [4.69, 9.17) is 14.2 Å². The molecule has 1 N–H and O–H groups in total. The van der Waals surface area contributed by atoms with E-state index in [-0.39, 0.29) is 36.2 Å². The van der Waals surface area contributed by atoms with Gasteiger partial charge in [-0.1, -0.05) is 149 Å². The maximum atomic E-state index is 12.6. The number of carboxylic acids is 1. The molecule has 0 saturated carbocycles. The van der Waals surface area contributed by atoms with Crippen molar-refractivity contribution in [2.24, 2.45) is 0 Å². The van der Waals surface area contributed by atoms with E-state index in [0.29, 0.717) is 19.3 Å². The molecule has 0 fully saturated rings. The number of hydrogen-bond donors (Lipinski definition) is 1. The Morgan fingerprint density at radius 1 is 0.553 bits per heavy atom. The van der Waals surface area contributed by atoms with Crippen molar-refractivity contribution in [3.8, 4) is 0 Å². The first-order chi connectivity index (χ1) is 22.6. The fourth-order valence-electron chi connectivity index (χ4n) is 5.91. The van der Waals surface area contributed by atoms with Crippen LogP contribution in [0.15, 0.2) is 0 Å². The Morgan fingerprint density at radius 3 is 1.32 bits per heavy atom. The lowest BCUT2D eigenvalue weighted by Gasteiger charge is -2.31. The Kier molecular flexibility index (Phi) is 30.5. The van der Waals surface area contributed by atoms with Crippen molar-refractivity contribution in [1.29, 1.82) is 0 Å². The van der Waals surface area contributed by atoms with Gasteiger partial charge in [-0.15, -0.1) is 0 Å². The topological polar surface area (TPSA) is 99.1 Å². The third-order valence-corrected chi connectivity index (χ3v) is 9.01. The van der Waals surface area contributed by atoms with Crippen molar-refractivity contribution in [1.82, 2.24) is 0 Å². The van der Waals surface area contributed by atoms with Crippen LogP contribution < -0.4 is 0 Å². The molecule has 0 radical (unpaired) electrons. The third kappa shape index (κ3) is 30.1. The maximum absolute atomic E-state index is 12.6. The minimum atomic E-state index is -0.873. The molecule has 47 heavy (non-hydrogen) atoms. The van der Waals surface area contributed by atoms with Crippen molar-refractivity contribution >= 4 is 17.9 Å². The first kappa shape index (κ1) is 45.3. The Balaban J connectivity index is 4.30. The molecule has 2 unspecified atom stereocenters. The highest BCUT2D eigenvalue weighted by Crippen LogP contribution is 2.15. The van der Waals surface area contributed by atoms with Crippen LogP contribution in [0.2, 0.25) is 0 Å². The second-order valence-electron chi connectivity index (χ2n) is 14.6. The molecule has 8 nitrogen and oxygen atoms in total. The highest BCUT2D eigenvalue weighted by Gasteiger charge is 2.31. The molecule has 0 heterocycles. The molecule has 0 aliphatic rings. The normalized spacial score (nSPS) is 13.0. The van der Waals surface area contributed by atoms with E-state index in [0.717, 1.165) is 38.5 Å². The van der Waals surface area contributed by atoms with Crippen molar-refractivity contribution in [3.63, 3.8) is 0 Å². The fourth-order valence-corrected chi connectivity index (χ4v) is 5.91. The Labute approximate surface area is 289 Å². The molecule has 8 heteroatoms. The van der Waals surface area contributed by atoms with E-state index in [2.05, 4.69) is 13.8 Å². The first-order valence-electron chi connectivity index (χ1n) is 19.6. The van der Waals surface area contributed by atoms with Crippen molar-refractivity contribution in [2.45, 2.75) is 193 Å². The van der Waals surface area contributed by atoms with Crippen LogP contribution in [0, 0.1) is 0 Å². The quantitative estimate of drug-likeness (QED) is 0.0407. The monoisotopic (exact) mass is 671 g/mol. The number of quaternary nitrogens is 1. The number of likely N-dealkylation sites (N-methyl/N-ethyl adjacent to an activating group) is 1. The fraction of sp³-hybridized carbons (Fsp3) is 0.923. The van der Waals surface area contributed by atoms with Crippen LogP contribution in [-0.4, -0.2) is 80.6 Å². The average molecular weight is 671 g/mol. The summed E-state index contributed by atoms with van der Waals surface area (Å²) in [6.45, 7) is 4.72. The molecule has 0 aliphatic carbocycles. The van der Waals surface area contributed by atoms with Gasteiger partial charge >= 0.3 is 17.9 Å². The zero-order chi connectivity index (χ0) is 35.0. The second kappa shape index (κ2) is 31.6. The van der Waals surface area contributed by atoms with E-state index in [1.54, 1.807) is 0 Å². The Morgan fingerprint density at radius 2 is 0.936 bits per heavy atom. The van der Waals surface area contributed by atoms with Gasteiger partial charge in [0.25, 0.3) is 0 Å². The Bertz CT molecular complexity index is 752. The van der Waals surface area contributed by atoms with Gasteiger partial charge in [-0.05, 0) is 12.8 Å². The number of esters is 2. The molecule has 0 saturated heterocycles. The predicted octanol–water partition coefficient (Wildman–Crippen LogP) is 9.80. The van der Waals surface area contributed by atoms with Gasteiger partial charge in [0.05, 0.1) is 34.4 Å². The predicted molar refractivity (Wildman–Crippen MR) is 193 cm³/mol. The van der Waals surface area contributed by atoms with Crippen molar-refractivity contribution < 1.29 is 38.2 Å². The van der Waals surface area contributed by atoms with Gasteiger partial charge in [0.1, 0.15) is 6.61 Å². The second-order valence-corrected chi connectivity index (χ2v) is 14.6. The highest BCUT2D eigenvalue weighted by atomic mass is 16.6.